The molecule has 0 saturated heterocycles. The second-order valence-electron chi connectivity index (χ2n) is 5.65. The van der Waals surface area contributed by atoms with E-state index in [9.17, 15) is 8.42 Å². The van der Waals surface area contributed by atoms with E-state index < -0.39 is 10.0 Å². The monoisotopic (exact) mass is 523 g/mol. The first-order chi connectivity index (χ1) is 11.9. The van der Waals surface area contributed by atoms with E-state index in [0.717, 1.165) is 15.0 Å². The van der Waals surface area contributed by atoms with Crippen LogP contribution >= 0.6 is 0 Å². The van der Waals surface area contributed by atoms with Crippen LogP contribution in [0, 0.1) is 0 Å². The van der Waals surface area contributed by atoms with Gasteiger partial charge in [0.15, 0.2) is 0 Å². The summed E-state index contributed by atoms with van der Waals surface area (Å²) >= 11 is 1.31. The molecule has 0 aliphatic heterocycles. The third kappa shape index (κ3) is 6.00. The van der Waals surface area contributed by atoms with Crippen LogP contribution in [-0.2, 0) is 42.5 Å². The Labute approximate surface area is 161 Å². The van der Waals surface area contributed by atoms with Crippen molar-refractivity contribution in [1.29, 1.82) is 0 Å². The van der Waals surface area contributed by atoms with Gasteiger partial charge in [0.2, 0.25) is 0 Å². The van der Waals surface area contributed by atoms with Crippen molar-refractivity contribution in [2.75, 3.05) is 0 Å². The Bertz CT molecular complexity index is 818. The van der Waals surface area contributed by atoms with Gasteiger partial charge in [0.25, 0.3) is 0 Å². The molecule has 0 bridgehead atoms. The van der Waals surface area contributed by atoms with Crippen LogP contribution < -0.4 is 0 Å². The van der Waals surface area contributed by atoms with Gasteiger partial charge in [-0.15, -0.1) is 0 Å². The number of nitrogens with zero attached hydrogens (tertiary/aromatic N) is 1. The summed E-state index contributed by atoms with van der Waals surface area (Å²) in [4.78, 5) is 0.111. The van der Waals surface area contributed by atoms with Gasteiger partial charge >= 0.3 is 161 Å². The Morgan fingerprint density at radius 1 is 0.960 bits per heavy atom. The zero-order valence-corrected chi connectivity index (χ0v) is 17.9. The molecular weight excluding hydrogens is 502 g/mol. The Hall–Kier alpha value is -1.61. The number of allylic oxidation sites excluding steroid dienone is 2. The first kappa shape index (κ1) is 19.7. The fourth-order valence-electron chi connectivity index (χ4n) is 2.26. The molecule has 3 nitrogen and oxygen atoms in total. The second kappa shape index (κ2) is 9.19. The molecule has 0 aliphatic rings. The summed E-state index contributed by atoms with van der Waals surface area (Å²) in [6.45, 7) is 6.36. The van der Waals surface area contributed by atoms with Crippen molar-refractivity contribution < 1.29 is 27.8 Å². The van der Waals surface area contributed by atoms with Crippen molar-refractivity contribution in [2.24, 2.45) is 0 Å². The normalized spacial score (nSPS) is 11.8. The van der Waals surface area contributed by atoms with E-state index in [1.165, 1.54) is 23.7 Å². The Morgan fingerprint density at radius 2 is 1.40 bits per heavy atom. The van der Waals surface area contributed by atoms with Gasteiger partial charge in [-0.3, -0.25) is 0 Å². The van der Waals surface area contributed by atoms with E-state index >= 15 is 0 Å². The fraction of sp³-hybridized carbons (Fsp3) is 0.150. The van der Waals surface area contributed by atoms with Crippen LogP contribution in [0.25, 0.3) is 0 Å². The molecule has 0 unspecified atom stereocenters. The van der Waals surface area contributed by atoms with Crippen molar-refractivity contribution in [3.05, 3.63) is 95.4 Å². The number of hydrogen-bond acceptors (Lipinski definition) is 2. The van der Waals surface area contributed by atoms with Crippen LogP contribution in [0.5, 0.6) is 0 Å². The van der Waals surface area contributed by atoms with Crippen LogP contribution in [0.2, 0.25) is 0 Å². The van der Waals surface area contributed by atoms with Gasteiger partial charge in [0.1, 0.15) is 0 Å². The van der Waals surface area contributed by atoms with Crippen LogP contribution in [0.1, 0.15) is 18.1 Å². The summed E-state index contributed by atoms with van der Waals surface area (Å²) in [5, 5.41) is 0. The predicted molar refractivity (Wildman–Crippen MR) is 100 cm³/mol. The maximum absolute atomic E-state index is 13.0. The van der Waals surface area contributed by atoms with Crippen molar-refractivity contribution in [3.8, 4) is 0 Å². The van der Waals surface area contributed by atoms with Crippen LogP contribution in [0.4, 0.5) is 0 Å². The molecule has 0 aromatic heterocycles. The van der Waals surface area contributed by atoms with E-state index in [-0.39, 0.29) is 4.91 Å². The maximum atomic E-state index is 13.0. The molecule has 5 heteroatoms. The van der Waals surface area contributed by atoms with E-state index in [2.05, 4.69) is 6.58 Å². The van der Waals surface area contributed by atoms with E-state index in [1.807, 2.05) is 67.6 Å². The topological polar surface area (TPSA) is 37.4 Å². The average Bonchev–Trinajstić information content (AvgIpc) is 2.60. The van der Waals surface area contributed by atoms with E-state index in [0.29, 0.717) is 13.1 Å². The molecule has 25 heavy (non-hydrogen) atoms. The molecule has 0 atom stereocenters. The Kier molecular flexibility index (Phi) is 7.24. The van der Waals surface area contributed by atoms with Crippen molar-refractivity contribution in [3.63, 3.8) is 0 Å². The van der Waals surface area contributed by atoms with Crippen LogP contribution in [0.15, 0.2) is 84.3 Å². The van der Waals surface area contributed by atoms with Crippen molar-refractivity contribution in [1.82, 2.24) is 4.31 Å². The van der Waals surface area contributed by atoms with Gasteiger partial charge in [0.05, 0.1) is 0 Å². The zero-order chi connectivity index (χ0) is 18.3. The van der Waals surface area contributed by atoms with Crippen molar-refractivity contribution >= 4 is 13.9 Å². The first-order valence-electron chi connectivity index (χ1n) is 7.85. The summed E-state index contributed by atoms with van der Waals surface area (Å²) in [6, 6.07) is 19.2. The van der Waals surface area contributed by atoms with Gasteiger partial charge in [-0.2, -0.15) is 0 Å². The molecule has 2 rings (SSSR count). The Morgan fingerprint density at radius 3 is 1.80 bits per heavy atom. The van der Waals surface area contributed by atoms with Crippen molar-refractivity contribution in [2.45, 2.75) is 20.0 Å². The standard InChI is InChI=1S/C20H21NO2S.W/c1-3-4-11-18(2)24(22,23)21(16-19-12-7-5-8-13-19)17-20-14-9-6-10-15-20;/h4-15H,2,16-17H2,1H3;/b11-4-;. The number of benzene rings is 2. The average molecular weight is 523 g/mol. The molecule has 0 fully saturated rings. The number of rotatable bonds is 8. The third-order valence-corrected chi connectivity index (χ3v) is 5.80. The summed E-state index contributed by atoms with van der Waals surface area (Å²) < 4.78 is 28.6. The van der Waals surface area contributed by atoms with Gasteiger partial charge < -0.3 is 0 Å². The Balaban J connectivity index is 2.32. The zero-order valence-electron chi connectivity index (χ0n) is 14.1. The molecule has 0 radical (unpaired) electrons. The van der Waals surface area contributed by atoms with Crippen LogP contribution in [-0.4, -0.2) is 16.6 Å². The first-order valence-corrected chi connectivity index (χ1v) is 10.8. The van der Waals surface area contributed by atoms with Crippen LogP contribution in [0.3, 0.4) is 0 Å². The van der Waals surface area contributed by atoms with Gasteiger partial charge in [-0.25, -0.2) is 0 Å². The number of hydrogen-bond donors (Lipinski definition) is 0. The summed E-state index contributed by atoms with van der Waals surface area (Å²) in [7, 11) is -3.65. The molecule has 0 spiro atoms. The van der Waals surface area contributed by atoms with Gasteiger partial charge in [0, 0.05) is 0 Å². The quantitative estimate of drug-likeness (QED) is 0.494. The second-order valence-corrected chi connectivity index (χ2v) is 9.96. The summed E-state index contributed by atoms with van der Waals surface area (Å²) in [5.41, 5.74) is 1.89. The minimum absolute atomic E-state index is 0.111. The molecule has 0 aliphatic carbocycles. The third-order valence-electron chi connectivity index (χ3n) is 3.58. The SMILES string of the molecule is C=C(/C=C\[C](C)=[W])S(=O)(=O)N(Cc1ccccc1)Cc1ccccc1. The molecule has 0 amide bonds. The molecule has 2 aromatic carbocycles. The molecule has 130 valence electrons. The number of sulfonamides is 1. The fourth-order valence-corrected chi connectivity index (χ4v) is 3.72. The molecule has 0 heterocycles. The van der Waals surface area contributed by atoms with E-state index in [4.69, 9.17) is 0 Å². The predicted octanol–water partition coefficient (Wildman–Crippen LogP) is 3.83. The molecule has 2 aromatic rings. The van der Waals surface area contributed by atoms with E-state index in [1.54, 1.807) is 12.2 Å². The van der Waals surface area contributed by atoms with Gasteiger partial charge in [-0.05, 0) is 0 Å². The summed E-state index contributed by atoms with van der Waals surface area (Å²) in [5.74, 6) is 0. The minimum atomic E-state index is -3.65. The van der Waals surface area contributed by atoms with Gasteiger partial charge in [-0.1, -0.05) is 0 Å². The molecule has 0 N–H and O–H groups in total. The molecular formula is C20H21NO2SW. The summed E-state index contributed by atoms with van der Waals surface area (Å²) in [6.07, 6.45) is 3.39. The molecule has 0 saturated carbocycles.